The van der Waals surface area contributed by atoms with Crippen LogP contribution in [0.5, 0.6) is 5.75 Å². The van der Waals surface area contributed by atoms with Crippen molar-refractivity contribution in [2.45, 2.75) is 30.8 Å². The van der Waals surface area contributed by atoms with Gasteiger partial charge in [-0.2, -0.15) is 0 Å². The highest BCUT2D eigenvalue weighted by Gasteiger charge is 2.35. The van der Waals surface area contributed by atoms with Gasteiger partial charge in [-0.25, -0.2) is 12.8 Å². The second kappa shape index (κ2) is 9.03. The molecule has 0 aliphatic carbocycles. The van der Waals surface area contributed by atoms with E-state index in [4.69, 9.17) is 21.4 Å². The largest absolute Gasteiger partial charge is 0.486 e. The normalized spacial score (nSPS) is 15.6. The quantitative estimate of drug-likeness (QED) is 0.509. The first-order valence-corrected chi connectivity index (χ1v) is 12.0. The Morgan fingerprint density at radius 1 is 1.18 bits per heavy atom. The Morgan fingerprint density at radius 2 is 1.94 bits per heavy atom. The lowest BCUT2D eigenvalue weighted by Gasteiger charge is -2.35. The van der Waals surface area contributed by atoms with Crippen molar-refractivity contribution in [1.29, 1.82) is 0 Å². The van der Waals surface area contributed by atoms with E-state index in [1.54, 1.807) is 43.3 Å². The van der Waals surface area contributed by atoms with Gasteiger partial charge < -0.3 is 9.84 Å². The van der Waals surface area contributed by atoms with Gasteiger partial charge in [0, 0.05) is 12.0 Å². The van der Waals surface area contributed by atoms with Crippen molar-refractivity contribution < 1.29 is 27.4 Å². The summed E-state index contributed by atoms with van der Waals surface area (Å²) in [5.74, 6) is -1.27. The van der Waals surface area contributed by atoms with Crippen molar-refractivity contribution in [3.05, 3.63) is 77.1 Å². The molecule has 4 rings (SSSR count). The molecular weight excluding hydrogens is 469 g/mol. The van der Waals surface area contributed by atoms with Crippen molar-refractivity contribution >= 4 is 33.3 Å². The van der Waals surface area contributed by atoms with Gasteiger partial charge in [0.2, 0.25) is 0 Å². The Morgan fingerprint density at radius 3 is 2.64 bits per heavy atom. The Hall–Kier alpha value is -3.10. The van der Waals surface area contributed by atoms with Crippen molar-refractivity contribution in [2.75, 3.05) is 10.8 Å². The summed E-state index contributed by atoms with van der Waals surface area (Å²) in [5, 5.41) is 9.25. The number of halogens is 2. The molecule has 1 aliphatic heterocycles. The summed E-state index contributed by atoms with van der Waals surface area (Å²) in [4.78, 5) is 11.2. The average Bonchev–Trinajstić information content (AvgIpc) is 2.77. The number of nitrogens with zero attached hydrogens (tertiary/aromatic N) is 1. The molecular formula is C24H21ClFNO5S. The number of hydrogen-bond acceptors (Lipinski definition) is 4. The molecule has 33 heavy (non-hydrogen) atoms. The molecule has 0 radical (unpaired) electrons. The Balaban J connectivity index is 1.84. The van der Waals surface area contributed by atoms with Crippen LogP contribution in [0.2, 0.25) is 5.02 Å². The van der Waals surface area contributed by atoms with Gasteiger partial charge >= 0.3 is 5.97 Å². The molecule has 0 bridgehead atoms. The molecule has 0 saturated heterocycles. The van der Waals surface area contributed by atoms with Crippen LogP contribution in [0.1, 0.15) is 18.4 Å². The van der Waals surface area contributed by atoms with Crippen LogP contribution in [0.4, 0.5) is 10.1 Å². The first-order valence-electron chi connectivity index (χ1n) is 10.2. The van der Waals surface area contributed by atoms with Crippen LogP contribution in [0.15, 0.2) is 65.6 Å². The zero-order chi connectivity index (χ0) is 23.8. The third-order valence-electron chi connectivity index (χ3n) is 5.40. The topological polar surface area (TPSA) is 83.9 Å². The van der Waals surface area contributed by atoms with Crippen molar-refractivity contribution in [2.24, 2.45) is 0 Å². The van der Waals surface area contributed by atoms with E-state index < -0.39 is 27.9 Å². The molecule has 1 atom stereocenters. The molecule has 0 spiro atoms. The number of carboxylic acids is 1. The fourth-order valence-electron chi connectivity index (χ4n) is 3.81. The van der Waals surface area contributed by atoms with E-state index in [2.05, 4.69) is 0 Å². The zero-order valence-electron chi connectivity index (χ0n) is 17.7. The summed E-state index contributed by atoms with van der Waals surface area (Å²) in [6.07, 6.45) is -0.687. The highest BCUT2D eigenvalue weighted by molar-refractivity contribution is 7.92. The number of sulfonamides is 1. The maximum absolute atomic E-state index is 14.5. The van der Waals surface area contributed by atoms with E-state index >= 15 is 0 Å². The minimum Gasteiger partial charge on any atom is -0.486 e. The van der Waals surface area contributed by atoms with Crippen LogP contribution in [0.25, 0.3) is 11.1 Å². The number of carbonyl (C=O) groups is 1. The summed E-state index contributed by atoms with van der Waals surface area (Å²) < 4.78 is 48.9. The smallest absolute Gasteiger partial charge is 0.303 e. The van der Waals surface area contributed by atoms with Gasteiger partial charge in [-0.1, -0.05) is 35.9 Å². The summed E-state index contributed by atoms with van der Waals surface area (Å²) in [6.45, 7) is 1.71. The number of fused-ring (bicyclic) bond motifs is 1. The minimum atomic E-state index is -4.01. The maximum Gasteiger partial charge on any atom is 0.303 e. The highest BCUT2D eigenvalue weighted by atomic mass is 35.5. The van der Waals surface area contributed by atoms with Crippen molar-refractivity contribution in [3.8, 4) is 16.9 Å². The number of anilines is 1. The van der Waals surface area contributed by atoms with E-state index in [1.807, 2.05) is 0 Å². The van der Waals surface area contributed by atoms with Gasteiger partial charge in [0.25, 0.3) is 10.0 Å². The highest BCUT2D eigenvalue weighted by Crippen LogP contribution is 2.42. The summed E-state index contributed by atoms with van der Waals surface area (Å²) >= 11 is 6.22. The van der Waals surface area contributed by atoms with Crippen LogP contribution in [-0.4, -0.2) is 32.1 Å². The van der Waals surface area contributed by atoms with E-state index in [-0.39, 0.29) is 46.3 Å². The van der Waals surface area contributed by atoms with Gasteiger partial charge in [-0.3, -0.25) is 9.10 Å². The summed E-state index contributed by atoms with van der Waals surface area (Å²) in [6, 6.07) is 15.5. The number of carboxylic acid groups (broad SMARTS) is 1. The van der Waals surface area contributed by atoms with Crippen LogP contribution < -0.4 is 9.04 Å². The number of hydrogen-bond donors (Lipinski definition) is 1. The Kier molecular flexibility index (Phi) is 6.32. The number of aliphatic carboxylic acids is 1. The van der Waals surface area contributed by atoms with E-state index in [9.17, 15) is 17.6 Å². The first-order chi connectivity index (χ1) is 15.7. The molecule has 3 aromatic carbocycles. The average molecular weight is 490 g/mol. The van der Waals surface area contributed by atoms with Gasteiger partial charge in [0.15, 0.2) is 0 Å². The predicted octanol–water partition coefficient (Wildman–Crippen LogP) is 5.28. The molecule has 0 saturated carbocycles. The molecule has 3 aromatic rings. The number of aryl methyl sites for hydroxylation is 1. The van der Waals surface area contributed by atoms with E-state index in [0.29, 0.717) is 5.56 Å². The third-order valence-corrected chi connectivity index (χ3v) is 7.49. The van der Waals surface area contributed by atoms with E-state index in [1.165, 1.54) is 28.6 Å². The number of benzene rings is 3. The van der Waals surface area contributed by atoms with E-state index in [0.717, 1.165) is 5.56 Å². The molecule has 0 unspecified atom stereocenters. The Labute approximate surface area is 196 Å². The molecule has 0 aromatic heterocycles. The molecule has 9 heteroatoms. The molecule has 0 fully saturated rings. The lowest BCUT2D eigenvalue weighted by Crippen LogP contribution is -2.43. The van der Waals surface area contributed by atoms with Crippen LogP contribution in [0.3, 0.4) is 0 Å². The summed E-state index contributed by atoms with van der Waals surface area (Å²) in [7, 11) is -4.01. The van der Waals surface area contributed by atoms with Gasteiger partial charge in [0.1, 0.15) is 17.7 Å². The van der Waals surface area contributed by atoms with Crippen LogP contribution in [0, 0.1) is 12.7 Å². The lowest BCUT2D eigenvalue weighted by atomic mass is 10.0. The standard InChI is InChI=1S/C24H21ClFNO5S/c1-15-4-2-5-18(12-15)33(30,31)27-14-17(9-11-23(28)29)32-22-10-8-16(13-21(22)27)24-19(25)6-3-7-20(24)26/h2-8,10,12-13,17H,9,11,14H2,1H3,(H,28,29)/t17-/m0/s1. The molecule has 0 amide bonds. The van der Waals surface area contributed by atoms with Gasteiger partial charge in [-0.05, 0) is 60.9 Å². The fraction of sp³-hybridized carbons (Fsp3) is 0.208. The van der Waals surface area contributed by atoms with Crippen LogP contribution >= 0.6 is 11.6 Å². The fourth-order valence-corrected chi connectivity index (χ4v) is 5.68. The molecule has 6 nitrogen and oxygen atoms in total. The number of rotatable bonds is 6. The maximum atomic E-state index is 14.5. The minimum absolute atomic E-state index is 0.0784. The number of ether oxygens (including phenoxy) is 1. The second-order valence-electron chi connectivity index (χ2n) is 7.80. The SMILES string of the molecule is Cc1cccc(S(=O)(=O)N2C[C@H](CCC(=O)O)Oc3ccc(-c4c(F)cccc4Cl)cc32)c1. The second-order valence-corrected chi connectivity index (χ2v) is 10.1. The molecule has 1 heterocycles. The molecule has 1 aliphatic rings. The Bertz CT molecular complexity index is 1310. The molecule has 172 valence electrons. The third kappa shape index (κ3) is 4.67. The molecule has 1 N–H and O–H groups in total. The van der Waals surface area contributed by atoms with Crippen molar-refractivity contribution in [1.82, 2.24) is 0 Å². The monoisotopic (exact) mass is 489 g/mol. The summed E-state index contributed by atoms with van der Waals surface area (Å²) in [5.41, 5.74) is 1.57. The van der Waals surface area contributed by atoms with Gasteiger partial charge in [0.05, 0.1) is 22.2 Å². The van der Waals surface area contributed by atoms with Crippen LogP contribution in [-0.2, 0) is 14.8 Å². The lowest BCUT2D eigenvalue weighted by molar-refractivity contribution is -0.137. The first kappa shape index (κ1) is 23.1. The van der Waals surface area contributed by atoms with Gasteiger partial charge in [-0.15, -0.1) is 0 Å². The van der Waals surface area contributed by atoms with Crippen molar-refractivity contribution in [3.63, 3.8) is 0 Å². The predicted molar refractivity (Wildman–Crippen MR) is 124 cm³/mol. The zero-order valence-corrected chi connectivity index (χ0v) is 19.2.